The maximum absolute atomic E-state index is 12.5. The van der Waals surface area contributed by atoms with E-state index in [1.807, 2.05) is 30.3 Å². The third kappa shape index (κ3) is 3.57. The lowest BCUT2D eigenvalue weighted by molar-refractivity contribution is 0.0698. The zero-order valence-electron chi connectivity index (χ0n) is 14.1. The van der Waals surface area contributed by atoms with Gasteiger partial charge in [0.15, 0.2) is 0 Å². The third-order valence-corrected chi connectivity index (χ3v) is 4.00. The number of carbonyl (C=O) groups excluding carboxylic acids is 1. The monoisotopic (exact) mass is 347 g/mol. The van der Waals surface area contributed by atoms with E-state index in [4.69, 9.17) is 0 Å². The molecule has 0 atom stereocenters. The number of benzene rings is 3. The van der Waals surface area contributed by atoms with Gasteiger partial charge in [-0.2, -0.15) is 0 Å². The lowest BCUT2D eigenvalue weighted by atomic mass is 10.0. The number of phenolic OH excluding ortho intramolecular Hbond substituents is 1. The van der Waals surface area contributed by atoms with Crippen molar-refractivity contribution in [2.24, 2.45) is 0 Å². The Morgan fingerprint density at radius 3 is 2.19 bits per heavy atom. The first-order chi connectivity index (χ1) is 12.5. The van der Waals surface area contributed by atoms with Crippen LogP contribution in [0.15, 0.2) is 66.7 Å². The van der Waals surface area contributed by atoms with E-state index >= 15 is 0 Å². The van der Waals surface area contributed by atoms with Gasteiger partial charge in [0, 0.05) is 0 Å². The van der Waals surface area contributed by atoms with Crippen molar-refractivity contribution in [3.05, 3.63) is 83.4 Å². The number of aryl methyl sites for hydroxylation is 1. The van der Waals surface area contributed by atoms with E-state index in [0.717, 1.165) is 16.7 Å². The fraction of sp³-hybridized carbons (Fsp3) is 0.0476. The van der Waals surface area contributed by atoms with Crippen LogP contribution < -0.4 is 5.32 Å². The first-order valence-electron chi connectivity index (χ1n) is 7.99. The number of rotatable bonds is 4. The van der Waals surface area contributed by atoms with Crippen LogP contribution in [-0.2, 0) is 0 Å². The molecule has 0 aliphatic carbocycles. The Labute approximate surface area is 150 Å². The van der Waals surface area contributed by atoms with Crippen LogP contribution in [-0.4, -0.2) is 22.1 Å². The highest BCUT2D eigenvalue weighted by Crippen LogP contribution is 2.27. The van der Waals surface area contributed by atoms with E-state index in [-0.39, 0.29) is 22.6 Å². The van der Waals surface area contributed by atoms with Crippen LogP contribution in [0.5, 0.6) is 5.75 Å². The van der Waals surface area contributed by atoms with Crippen LogP contribution in [0.25, 0.3) is 11.1 Å². The fourth-order valence-electron chi connectivity index (χ4n) is 2.67. The summed E-state index contributed by atoms with van der Waals surface area (Å²) in [7, 11) is 0. The predicted molar refractivity (Wildman–Crippen MR) is 99.6 cm³/mol. The van der Waals surface area contributed by atoms with Gasteiger partial charge in [0.05, 0.1) is 16.8 Å². The standard InChI is InChI=1S/C21H17NO4/c1-13-7-9-17(19(23)11-13)20(24)22-18-12-15(8-10-16(18)21(25)26)14-5-3-2-4-6-14/h2-12,23H,1H3,(H,22,24)(H,25,26). The van der Waals surface area contributed by atoms with E-state index in [2.05, 4.69) is 5.32 Å². The molecule has 0 aliphatic rings. The van der Waals surface area contributed by atoms with Crippen molar-refractivity contribution in [2.45, 2.75) is 6.92 Å². The Hall–Kier alpha value is -3.60. The lowest BCUT2D eigenvalue weighted by Gasteiger charge is -2.12. The van der Waals surface area contributed by atoms with Crippen molar-refractivity contribution in [1.82, 2.24) is 0 Å². The summed E-state index contributed by atoms with van der Waals surface area (Å²) in [4.78, 5) is 24.0. The van der Waals surface area contributed by atoms with E-state index in [1.54, 1.807) is 25.1 Å². The fourth-order valence-corrected chi connectivity index (χ4v) is 2.67. The van der Waals surface area contributed by atoms with Gasteiger partial charge in [0.25, 0.3) is 5.91 Å². The number of carbonyl (C=O) groups is 2. The summed E-state index contributed by atoms with van der Waals surface area (Å²) in [6, 6.07) is 18.9. The van der Waals surface area contributed by atoms with E-state index in [9.17, 15) is 19.8 Å². The molecular formula is C21H17NO4. The average molecular weight is 347 g/mol. The Morgan fingerprint density at radius 2 is 1.54 bits per heavy atom. The third-order valence-electron chi connectivity index (χ3n) is 4.00. The minimum Gasteiger partial charge on any atom is -0.507 e. The van der Waals surface area contributed by atoms with E-state index in [0.29, 0.717) is 0 Å². The van der Waals surface area contributed by atoms with E-state index < -0.39 is 11.9 Å². The van der Waals surface area contributed by atoms with Gasteiger partial charge < -0.3 is 15.5 Å². The second-order valence-corrected chi connectivity index (χ2v) is 5.91. The number of carboxylic acids is 1. The number of nitrogens with one attached hydrogen (secondary N) is 1. The molecule has 0 saturated heterocycles. The zero-order chi connectivity index (χ0) is 18.7. The van der Waals surface area contributed by atoms with Crippen molar-refractivity contribution < 1.29 is 19.8 Å². The van der Waals surface area contributed by atoms with Crippen LogP contribution in [0.3, 0.4) is 0 Å². The number of anilines is 1. The van der Waals surface area contributed by atoms with Gasteiger partial charge in [0.2, 0.25) is 0 Å². The number of amides is 1. The SMILES string of the molecule is Cc1ccc(C(=O)Nc2cc(-c3ccccc3)ccc2C(=O)O)c(O)c1. The zero-order valence-corrected chi connectivity index (χ0v) is 14.1. The molecule has 0 saturated carbocycles. The second kappa shape index (κ2) is 7.11. The Kier molecular flexibility index (Phi) is 4.71. The van der Waals surface area contributed by atoms with Crippen molar-refractivity contribution in [2.75, 3.05) is 5.32 Å². The van der Waals surface area contributed by atoms with Crippen LogP contribution in [0, 0.1) is 6.92 Å². The molecule has 0 unspecified atom stereocenters. The topological polar surface area (TPSA) is 86.6 Å². The number of aromatic hydroxyl groups is 1. The molecule has 26 heavy (non-hydrogen) atoms. The second-order valence-electron chi connectivity index (χ2n) is 5.91. The summed E-state index contributed by atoms with van der Waals surface area (Å²) in [6.07, 6.45) is 0. The molecule has 130 valence electrons. The predicted octanol–water partition coefficient (Wildman–Crippen LogP) is 4.32. The molecular weight excluding hydrogens is 330 g/mol. The Balaban J connectivity index is 1.99. The van der Waals surface area contributed by atoms with Crippen LogP contribution in [0.4, 0.5) is 5.69 Å². The largest absolute Gasteiger partial charge is 0.507 e. The summed E-state index contributed by atoms with van der Waals surface area (Å²) >= 11 is 0. The molecule has 0 bridgehead atoms. The number of hydrogen-bond donors (Lipinski definition) is 3. The summed E-state index contributed by atoms with van der Waals surface area (Å²) in [6.45, 7) is 1.80. The van der Waals surface area contributed by atoms with Crippen molar-refractivity contribution >= 4 is 17.6 Å². The maximum Gasteiger partial charge on any atom is 0.337 e. The molecule has 3 rings (SSSR count). The van der Waals surface area contributed by atoms with Crippen LogP contribution in [0.1, 0.15) is 26.3 Å². The first-order valence-corrected chi connectivity index (χ1v) is 7.99. The van der Waals surface area contributed by atoms with E-state index in [1.165, 1.54) is 18.2 Å². The van der Waals surface area contributed by atoms with Crippen LogP contribution >= 0.6 is 0 Å². The normalized spacial score (nSPS) is 10.3. The molecule has 1 amide bonds. The minimum atomic E-state index is -1.15. The van der Waals surface area contributed by atoms with Crippen molar-refractivity contribution in [3.8, 4) is 16.9 Å². The van der Waals surface area contributed by atoms with Gasteiger partial charge in [-0.3, -0.25) is 4.79 Å². The highest BCUT2D eigenvalue weighted by Gasteiger charge is 2.17. The minimum absolute atomic E-state index is 0.0235. The van der Waals surface area contributed by atoms with Crippen molar-refractivity contribution in [3.63, 3.8) is 0 Å². The molecule has 0 aromatic heterocycles. The number of aromatic carboxylic acids is 1. The summed E-state index contributed by atoms with van der Waals surface area (Å²) in [5.41, 5.74) is 2.72. The molecule has 0 aliphatic heterocycles. The smallest absolute Gasteiger partial charge is 0.337 e. The van der Waals surface area contributed by atoms with Gasteiger partial charge in [0.1, 0.15) is 5.75 Å². The van der Waals surface area contributed by atoms with Gasteiger partial charge in [-0.25, -0.2) is 4.79 Å². The number of hydrogen-bond acceptors (Lipinski definition) is 3. The van der Waals surface area contributed by atoms with Gasteiger partial charge in [-0.1, -0.05) is 42.5 Å². The summed E-state index contributed by atoms with van der Waals surface area (Å²) in [5.74, 6) is -1.87. The molecule has 0 radical (unpaired) electrons. The molecule has 5 nitrogen and oxygen atoms in total. The van der Waals surface area contributed by atoms with Gasteiger partial charge in [-0.15, -0.1) is 0 Å². The van der Waals surface area contributed by atoms with Gasteiger partial charge >= 0.3 is 5.97 Å². The Bertz CT molecular complexity index is 981. The number of phenols is 1. The molecule has 0 heterocycles. The molecule has 3 aromatic rings. The molecule has 3 aromatic carbocycles. The maximum atomic E-state index is 12.5. The quantitative estimate of drug-likeness (QED) is 0.656. The number of carboxylic acid groups (broad SMARTS) is 1. The highest BCUT2D eigenvalue weighted by atomic mass is 16.4. The van der Waals surface area contributed by atoms with Crippen molar-refractivity contribution in [1.29, 1.82) is 0 Å². The first kappa shape index (κ1) is 17.2. The molecule has 0 spiro atoms. The lowest BCUT2D eigenvalue weighted by Crippen LogP contribution is -2.15. The highest BCUT2D eigenvalue weighted by molar-refractivity contribution is 6.09. The molecule has 5 heteroatoms. The summed E-state index contributed by atoms with van der Waals surface area (Å²) < 4.78 is 0. The average Bonchev–Trinajstić information content (AvgIpc) is 2.62. The summed E-state index contributed by atoms with van der Waals surface area (Å²) in [5, 5.41) is 22.0. The van der Waals surface area contributed by atoms with Crippen LogP contribution in [0.2, 0.25) is 0 Å². The van der Waals surface area contributed by atoms with Gasteiger partial charge in [-0.05, 0) is 47.9 Å². The Morgan fingerprint density at radius 1 is 0.846 bits per heavy atom. The molecule has 3 N–H and O–H groups in total. The molecule has 0 fully saturated rings.